The zero-order valence-corrected chi connectivity index (χ0v) is 56.4. The predicted molar refractivity (Wildman–Crippen MR) is 358 cm³/mol. The number of nitrogens with one attached hydrogen (secondary N) is 1. The Morgan fingerprint density at radius 3 is 0.988 bits per heavy atom. The average molecular weight is 1170 g/mol. The first kappa shape index (κ1) is 80.5. The van der Waals surface area contributed by atoms with Crippen LogP contribution in [0.25, 0.3) is 0 Å². The number of hydrogen-bond acceptors (Lipinski definition) is 6. The van der Waals surface area contributed by atoms with Gasteiger partial charge >= 0.3 is 0 Å². The van der Waals surface area contributed by atoms with Gasteiger partial charge in [-0.3, -0.25) is 9.36 Å². The number of likely N-dealkylation sites (N-methyl/N-ethyl adjacent to an activating group) is 1. The Bertz CT molecular complexity index is 1480. The van der Waals surface area contributed by atoms with Crippen molar-refractivity contribution in [2.75, 3.05) is 40.9 Å². The van der Waals surface area contributed by atoms with Crippen LogP contribution in [0, 0.1) is 0 Å². The van der Waals surface area contributed by atoms with Gasteiger partial charge in [0.1, 0.15) is 13.2 Å². The van der Waals surface area contributed by atoms with Crippen LogP contribution in [0.5, 0.6) is 0 Å². The minimum atomic E-state index is -4.62. The van der Waals surface area contributed by atoms with E-state index >= 15 is 0 Å². The molecule has 82 heavy (non-hydrogen) atoms. The van der Waals surface area contributed by atoms with E-state index in [-0.39, 0.29) is 12.5 Å². The molecule has 1 amide bonds. The third kappa shape index (κ3) is 66.0. The van der Waals surface area contributed by atoms with Gasteiger partial charge in [0, 0.05) is 6.42 Å². The van der Waals surface area contributed by atoms with Crippen molar-refractivity contribution in [2.45, 2.75) is 373 Å². The first-order valence-electron chi connectivity index (χ1n) is 36.0. The zero-order chi connectivity index (χ0) is 59.8. The van der Waals surface area contributed by atoms with Crippen LogP contribution in [0.2, 0.25) is 0 Å². The van der Waals surface area contributed by atoms with Crippen LogP contribution in [-0.4, -0.2) is 68.5 Å². The fourth-order valence-corrected chi connectivity index (χ4v) is 11.6. The zero-order valence-electron chi connectivity index (χ0n) is 55.5. The Morgan fingerprint density at radius 1 is 0.415 bits per heavy atom. The highest BCUT2D eigenvalue weighted by atomic mass is 31.2. The maximum absolute atomic E-state index is 13.0. The Balaban J connectivity index is 4.05. The van der Waals surface area contributed by atoms with Gasteiger partial charge in [-0.15, -0.1) is 0 Å². The highest BCUT2D eigenvalue weighted by Gasteiger charge is 2.23. The lowest BCUT2D eigenvalue weighted by Crippen LogP contribution is -2.45. The van der Waals surface area contributed by atoms with Crippen LogP contribution >= 0.6 is 7.82 Å². The molecule has 0 bridgehead atoms. The number of amides is 1. The number of hydrogen-bond donors (Lipinski definition) is 2. The van der Waals surface area contributed by atoms with Gasteiger partial charge in [0.05, 0.1) is 39.9 Å². The molecular formula is C73H141N2O6P. The van der Waals surface area contributed by atoms with Crippen LogP contribution in [0.3, 0.4) is 0 Å². The fraction of sp³-hybridized carbons (Fsp3) is 0.877. The van der Waals surface area contributed by atoms with Crippen molar-refractivity contribution >= 4 is 13.7 Å². The summed E-state index contributed by atoms with van der Waals surface area (Å²) in [6.45, 7) is 4.67. The van der Waals surface area contributed by atoms with E-state index in [0.29, 0.717) is 17.4 Å². The number of unbranched alkanes of at least 4 members (excludes halogenated alkanes) is 48. The Hall–Kier alpha value is -1.54. The molecule has 0 fully saturated rings. The fourth-order valence-electron chi connectivity index (χ4n) is 10.9. The molecule has 0 radical (unpaired) electrons. The van der Waals surface area contributed by atoms with Crippen molar-refractivity contribution in [2.24, 2.45) is 0 Å². The molecule has 0 saturated heterocycles. The topological polar surface area (TPSA) is 108 Å². The number of quaternary nitrogens is 1. The number of carbonyl (C=O) groups is 1. The predicted octanol–water partition coefficient (Wildman–Crippen LogP) is 22.4. The molecule has 0 aliphatic carbocycles. The van der Waals surface area contributed by atoms with Crippen molar-refractivity contribution in [1.29, 1.82) is 0 Å². The SMILES string of the molecule is CCCCCCCCCCCCCCCC/C=C\CCCCCCCCCCCCCCCCCCCC(=O)NC(COP(=O)([O-])OCC[N+](C)(C)C)C(O)/C=C/CC/C=C/CC/C=C/CCCCCCCCCCCCCCCCC. The lowest BCUT2D eigenvalue weighted by Gasteiger charge is -2.29. The van der Waals surface area contributed by atoms with Gasteiger partial charge in [-0.1, -0.05) is 332 Å². The normalized spacial score (nSPS) is 13.9. The van der Waals surface area contributed by atoms with Crippen molar-refractivity contribution in [3.8, 4) is 0 Å². The molecule has 484 valence electrons. The molecule has 2 N–H and O–H groups in total. The minimum Gasteiger partial charge on any atom is -0.756 e. The maximum Gasteiger partial charge on any atom is 0.268 e. The summed E-state index contributed by atoms with van der Waals surface area (Å²) in [6, 6.07) is -0.911. The van der Waals surface area contributed by atoms with Crippen LogP contribution in [-0.2, 0) is 18.4 Å². The van der Waals surface area contributed by atoms with Crippen molar-refractivity contribution in [3.63, 3.8) is 0 Å². The lowest BCUT2D eigenvalue weighted by molar-refractivity contribution is -0.870. The summed E-state index contributed by atoms with van der Waals surface area (Å²) in [4.78, 5) is 25.6. The summed E-state index contributed by atoms with van der Waals surface area (Å²) >= 11 is 0. The quantitative estimate of drug-likeness (QED) is 0.0272. The molecule has 8 nitrogen and oxygen atoms in total. The molecule has 3 unspecified atom stereocenters. The molecule has 3 atom stereocenters. The highest BCUT2D eigenvalue weighted by molar-refractivity contribution is 7.45. The summed E-state index contributed by atoms with van der Waals surface area (Å²) in [7, 11) is 1.25. The molecule has 0 heterocycles. The average Bonchev–Trinajstić information content (AvgIpc) is 3.45. The molecule has 9 heteroatoms. The van der Waals surface area contributed by atoms with Gasteiger partial charge in [0.15, 0.2) is 0 Å². The molecule has 0 spiro atoms. The molecule has 0 saturated carbocycles. The van der Waals surface area contributed by atoms with Gasteiger partial charge in [0.25, 0.3) is 7.82 Å². The number of nitrogens with zero attached hydrogens (tertiary/aromatic N) is 1. The molecule has 0 rings (SSSR count). The number of allylic oxidation sites excluding steroid dienone is 7. The highest BCUT2D eigenvalue weighted by Crippen LogP contribution is 2.38. The summed E-state index contributed by atoms with van der Waals surface area (Å²) in [5.41, 5.74) is 0. The maximum atomic E-state index is 13.0. The van der Waals surface area contributed by atoms with Crippen LogP contribution < -0.4 is 10.2 Å². The Kier molecular flexibility index (Phi) is 62.7. The molecule has 0 aliphatic heterocycles. The molecule has 0 aliphatic rings. The molecule has 0 aromatic rings. The van der Waals surface area contributed by atoms with Crippen molar-refractivity contribution in [1.82, 2.24) is 5.32 Å². The van der Waals surface area contributed by atoms with Gasteiger partial charge in [-0.2, -0.15) is 0 Å². The van der Waals surface area contributed by atoms with Crippen molar-refractivity contribution < 1.29 is 32.9 Å². The second-order valence-corrected chi connectivity index (χ2v) is 27.3. The number of aliphatic hydroxyl groups is 1. The number of aliphatic hydroxyl groups excluding tert-OH is 1. The largest absolute Gasteiger partial charge is 0.756 e. The summed E-state index contributed by atoms with van der Waals surface area (Å²) < 4.78 is 23.4. The minimum absolute atomic E-state index is 0.00830. The summed E-state index contributed by atoms with van der Waals surface area (Å²) in [6.07, 6.45) is 86.8. The van der Waals surface area contributed by atoms with E-state index in [0.717, 1.165) is 44.9 Å². The van der Waals surface area contributed by atoms with Crippen LogP contribution in [0.1, 0.15) is 361 Å². The second-order valence-electron chi connectivity index (χ2n) is 25.9. The summed E-state index contributed by atoms with van der Waals surface area (Å²) in [5.74, 6) is -0.205. The number of phosphoric acid groups is 1. The van der Waals surface area contributed by atoms with E-state index in [1.54, 1.807) is 6.08 Å². The van der Waals surface area contributed by atoms with E-state index in [4.69, 9.17) is 9.05 Å². The number of carbonyl (C=O) groups excluding carboxylic acids is 1. The monoisotopic (exact) mass is 1170 g/mol. The van der Waals surface area contributed by atoms with E-state index in [1.165, 1.54) is 295 Å². The second kappa shape index (κ2) is 63.9. The third-order valence-corrected chi connectivity index (χ3v) is 17.5. The smallest absolute Gasteiger partial charge is 0.268 e. The first-order valence-corrected chi connectivity index (χ1v) is 37.5. The van der Waals surface area contributed by atoms with Crippen LogP contribution in [0.4, 0.5) is 0 Å². The Labute approximate surface area is 511 Å². The van der Waals surface area contributed by atoms with Gasteiger partial charge in [0.2, 0.25) is 5.91 Å². The molecule has 0 aromatic carbocycles. The van der Waals surface area contributed by atoms with E-state index in [2.05, 4.69) is 55.6 Å². The number of phosphoric ester groups is 1. The lowest BCUT2D eigenvalue weighted by atomic mass is 10.0. The molecule has 0 aromatic heterocycles. The van der Waals surface area contributed by atoms with E-state index in [9.17, 15) is 19.4 Å². The third-order valence-electron chi connectivity index (χ3n) is 16.5. The van der Waals surface area contributed by atoms with Gasteiger partial charge < -0.3 is 28.8 Å². The van der Waals surface area contributed by atoms with Gasteiger partial charge in [-0.25, -0.2) is 0 Å². The van der Waals surface area contributed by atoms with E-state index in [1.807, 2.05) is 27.2 Å². The first-order chi connectivity index (χ1) is 40.0. The Morgan fingerprint density at radius 2 is 0.683 bits per heavy atom. The van der Waals surface area contributed by atoms with Crippen molar-refractivity contribution in [3.05, 3.63) is 48.6 Å². The van der Waals surface area contributed by atoms with Gasteiger partial charge in [-0.05, 0) is 70.6 Å². The molecular weight excluding hydrogens is 1030 g/mol. The number of rotatable bonds is 67. The van der Waals surface area contributed by atoms with Crippen LogP contribution in [0.15, 0.2) is 48.6 Å². The standard InChI is InChI=1S/C73H141N2O6P/c1-6-8-10-12-14-16-18-20-22-24-26-28-30-32-33-34-35-36-37-38-39-40-41-43-45-47-49-51-53-55-57-59-61-63-65-67-73(77)74-71(70-81-82(78,79)80-69-68-75(3,4)5)72(76)66-64-62-60-58-56-54-52-50-48-46-44-42-31-29-27-25-23-21-19-17-15-13-11-9-7-2/h34-35,48,50,56,58,64,66,71-72,76H,6-33,36-47,49,51-55,57,59-63,65,67-70H2,1-5H3,(H-,74,77,78,79)/b35-34-,50-48+,58-56+,66-64+. The summed E-state index contributed by atoms with van der Waals surface area (Å²) in [5, 5.41) is 13.9. The van der Waals surface area contributed by atoms with E-state index < -0.39 is 26.6 Å².